The van der Waals surface area contributed by atoms with Gasteiger partial charge < -0.3 is 18.6 Å². The van der Waals surface area contributed by atoms with E-state index in [4.69, 9.17) is 18.6 Å². The Kier molecular flexibility index (Phi) is 4.33. The monoisotopic (exact) mass is 389 g/mol. The third-order valence-electron chi connectivity index (χ3n) is 5.09. The molecule has 0 unspecified atom stereocenters. The SMILES string of the molecule is COc1ccccc1CN1COc2ccc3c(c2C1)OC(=Cc1ccco1)C3=O. The van der Waals surface area contributed by atoms with Gasteiger partial charge in [-0.3, -0.25) is 9.69 Å². The lowest BCUT2D eigenvalue weighted by Crippen LogP contribution is -2.31. The van der Waals surface area contributed by atoms with E-state index in [9.17, 15) is 4.79 Å². The van der Waals surface area contributed by atoms with E-state index in [2.05, 4.69) is 4.90 Å². The maximum Gasteiger partial charge on any atom is 0.232 e. The van der Waals surface area contributed by atoms with Gasteiger partial charge in [-0.15, -0.1) is 0 Å². The fourth-order valence-corrected chi connectivity index (χ4v) is 3.68. The van der Waals surface area contributed by atoms with Crippen LogP contribution in [0.4, 0.5) is 0 Å². The summed E-state index contributed by atoms with van der Waals surface area (Å²) in [6.45, 7) is 1.72. The van der Waals surface area contributed by atoms with Crippen molar-refractivity contribution in [1.29, 1.82) is 0 Å². The number of ether oxygens (including phenoxy) is 3. The molecule has 146 valence electrons. The van der Waals surface area contributed by atoms with Crippen molar-refractivity contribution in [1.82, 2.24) is 4.90 Å². The molecular weight excluding hydrogens is 370 g/mol. The van der Waals surface area contributed by atoms with Crippen LogP contribution in [-0.2, 0) is 13.1 Å². The number of furan rings is 1. The molecule has 3 heterocycles. The molecule has 0 radical (unpaired) electrons. The third kappa shape index (κ3) is 3.17. The first kappa shape index (κ1) is 17.6. The first-order chi connectivity index (χ1) is 14.2. The summed E-state index contributed by atoms with van der Waals surface area (Å²) in [4.78, 5) is 14.9. The zero-order chi connectivity index (χ0) is 19.8. The van der Waals surface area contributed by atoms with Crippen molar-refractivity contribution in [3.8, 4) is 17.2 Å². The van der Waals surface area contributed by atoms with Gasteiger partial charge in [0.2, 0.25) is 5.78 Å². The quantitative estimate of drug-likeness (QED) is 0.622. The Bertz CT molecular complexity index is 1100. The van der Waals surface area contributed by atoms with Crippen LogP contribution in [0.2, 0.25) is 0 Å². The molecule has 3 aromatic rings. The molecule has 0 bridgehead atoms. The molecule has 6 nitrogen and oxygen atoms in total. The second-order valence-electron chi connectivity index (χ2n) is 6.95. The highest BCUT2D eigenvalue weighted by Crippen LogP contribution is 2.42. The number of methoxy groups -OCH3 is 1. The Morgan fingerprint density at radius 2 is 2.03 bits per heavy atom. The predicted octanol–water partition coefficient (Wildman–Crippen LogP) is 4.26. The zero-order valence-electron chi connectivity index (χ0n) is 15.9. The molecule has 2 aliphatic heterocycles. The summed E-state index contributed by atoms with van der Waals surface area (Å²) in [5.74, 6) is 2.82. The summed E-state index contributed by atoms with van der Waals surface area (Å²) < 4.78 is 22.7. The van der Waals surface area contributed by atoms with E-state index in [-0.39, 0.29) is 11.5 Å². The van der Waals surface area contributed by atoms with Gasteiger partial charge >= 0.3 is 0 Å². The number of fused-ring (bicyclic) bond motifs is 3. The van der Waals surface area contributed by atoms with Gasteiger partial charge in [0.25, 0.3) is 0 Å². The number of hydrogen-bond acceptors (Lipinski definition) is 6. The number of allylic oxidation sites excluding steroid dienone is 1. The van der Waals surface area contributed by atoms with Crippen LogP contribution in [0.25, 0.3) is 6.08 Å². The standard InChI is InChI=1S/C23H19NO5/c1-26-19-7-3-2-5-15(19)12-24-13-18-20(28-14-24)9-8-17-22(25)21(29-23(17)18)11-16-6-4-10-27-16/h2-11H,12-14H2,1H3. The zero-order valence-corrected chi connectivity index (χ0v) is 15.9. The van der Waals surface area contributed by atoms with E-state index in [1.54, 1.807) is 37.6 Å². The summed E-state index contributed by atoms with van der Waals surface area (Å²) >= 11 is 0. The molecule has 0 saturated carbocycles. The summed E-state index contributed by atoms with van der Waals surface area (Å²) in [5.41, 5.74) is 2.49. The highest BCUT2D eigenvalue weighted by atomic mass is 16.5. The molecule has 29 heavy (non-hydrogen) atoms. The fraction of sp³-hybridized carbons (Fsp3) is 0.174. The Hall–Kier alpha value is -3.51. The van der Waals surface area contributed by atoms with Crippen molar-refractivity contribution in [2.75, 3.05) is 13.8 Å². The van der Waals surface area contributed by atoms with Crippen LogP contribution in [0.15, 0.2) is 65.0 Å². The molecular formula is C23H19NO5. The number of carbonyl (C=O) groups is 1. The Labute approximate surface area is 167 Å². The maximum atomic E-state index is 12.8. The number of para-hydroxylation sites is 1. The van der Waals surface area contributed by atoms with Crippen molar-refractivity contribution in [3.05, 3.63) is 83.0 Å². The molecule has 0 amide bonds. The first-order valence-electron chi connectivity index (χ1n) is 9.33. The van der Waals surface area contributed by atoms with Gasteiger partial charge in [0.05, 0.1) is 24.5 Å². The minimum atomic E-state index is -0.152. The van der Waals surface area contributed by atoms with Gasteiger partial charge in [0, 0.05) is 24.7 Å². The second-order valence-corrected chi connectivity index (χ2v) is 6.95. The van der Waals surface area contributed by atoms with Crippen LogP contribution in [0, 0.1) is 0 Å². The molecule has 5 rings (SSSR count). The molecule has 0 atom stereocenters. The molecule has 2 aromatic carbocycles. The highest BCUT2D eigenvalue weighted by Gasteiger charge is 2.33. The summed E-state index contributed by atoms with van der Waals surface area (Å²) in [7, 11) is 1.67. The molecule has 0 saturated heterocycles. The molecule has 0 aliphatic carbocycles. The number of hydrogen-bond donors (Lipinski definition) is 0. The largest absolute Gasteiger partial charge is 0.496 e. The lowest BCUT2D eigenvalue weighted by molar-refractivity contribution is 0.0865. The van der Waals surface area contributed by atoms with Crippen LogP contribution >= 0.6 is 0 Å². The Balaban J connectivity index is 1.43. The second kappa shape index (κ2) is 7.14. The first-order valence-corrected chi connectivity index (χ1v) is 9.33. The number of nitrogens with zero attached hydrogens (tertiary/aromatic N) is 1. The smallest absolute Gasteiger partial charge is 0.232 e. The number of carbonyl (C=O) groups excluding carboxylic acids is 1. The Morgan fingerprint density at radius 3 is 2.86 bits per heavy atom. The topological polar surface area (TPSA) is 61.1 Å². The molecule has 0 fully saturated rings. The van der Waals surface area contributed by atoms with Gasteiger partial charge in [0.1, 0.15) is 29.7 Å². The van der Waals surface area contributed by atoms with Gasteiger partial charge in [-0.1, -0.05) is 18.2 Å². The van der Waals surface area contributed by atoms with Gasteiger partial charge in [-0.05, 0) is 30.3 Å². The molecule has 6 heteroatoms. The summed E-state index contributed by atoms with van der Waals surface area (Å²) in [5, 5.41) is 0. The molecule has 1 aromatic heterocycles. The molecule has 2 aliphatic rings. The molecule has 0 spiro atoms. The van der Waals surface area contributed by atoms with Crippen LogP contribution in [0.3, 0.4) is 0 Å². The minimum absolute atomic E-state index is 0.152. The van der Waals surface area contributed by atoms with E-state index in [1.165, 1.54) is 0 Å². The van der Waals surface area contributed by atoms with Crippen molar-refractivity contribution in [3.63, 3.8) is 0 Å². The van der Waals surface area contributed by atoms with Gasteiger partial charge in [-0.25, -0.2) is 0 Å². The lowest BCUT2D eigenvalue weighted by atomic mass is 10.0. The van der Waals surface area contributed by atoms with Crippen LogP contribution in [0.1, 0.15) is 27.2 Å². The summed E-state index contributed by atoms with van der Waals surface area (Å²) in [6, 6.07) is 15.1. The number of benzene rings is 2. The average molecular weight is 389 g/mol. The summed E-state index contributed by atoms with van der Waals surface area (Å²) in [6.07, 6.45) is 3.18. The fourth-order valence-electron chi connectivity index (χ4n) is 3.68. The number of Topliss-reactive ketones (excluding diaryl/α,β-unsaturated/α-hetero) is 1. The van der Waals surface area contributed by atoms with E-state index in [1.807, 2.05) is 30.3 Å². The third-order valence-corrected chi connectivity index (χ3v) is 5.09. The van der Waals surface area contributed by atoms with Crippen molar-refractivity contribution in [2.24, 2.45) is 0 Å². The van der Waals surface area contributed by atoms with Crippen molar-refractivity contribution in [2.45, 2.75) is 13.1 Å². The van der Waals surface area contributed by atoms with Crippen molar-refractivity contribution < 1.29 is 23.4 Å². The van der Waals surface area contributed by atoms with E-state index in [0.29, 0.717) is 36.9 Å². The predicted molar refractivity (Wildman–Crippen MR) is 106 cm³/mol. The molecule has 0 N–H and O–H groups in total. The van der Waals surface area contributed by atoms with Crippen LogP contribution in [0.5, 0.6) is 17.2 Å². The van der Waals surface area contributed by atoms with Gasteiger partial charge in [-0.2, -0.15) is 0 Å². The average Bonchev–Trinajstić information content (AvgIpc) is 3.37. The lowest BCUT2D eigenvalue weighted by Gasteiger charge is -2.30. The van der Waals surface area contributed by atoms with Crippen molar-refractivity contribution >= 4 is 11.9 Å². The minimum Gasteiger partial charge on any atom is -0.496 e. The van der Waals surface area contributed by atoms with E-state index in [0.717, 1.165) is 22.6 Å². The Morgan fingerprint density at radius 1 is 1.14 bits per heavy atom. The maximum absolute atomic E-state index is 12.8. The van der Waals surface area contributed by atoms with Crippen LogP contribution in [-0.4, -0.2) is 24.5 Å². The normalized spacial score (nSPS) is 16.9. The van der Waals surface area contributed by atoms with Gasteiger partial charge in [0.15, 0.2) is 5.76 Å². The van der Waals surface area contributed by atoms with E-state index < -0.39 is 0 Å². The van der Waals surface area contributed by atoms with E-state index >= 15 is 0 Å². The highest BCUT2D eigenvalue weighted by molar-refractivity contribution is 6.14. The van der Waals surface area contributed by atoms with Crippen LogP contribution < -0.4 is 14.2 Å². The number of ketones is 1. The number of rotatable bonds is 4.